The summed E-state index contributed by atoms with van der Waals surface area (Å²) in [5.41, 5.74) is 5.15. The van der Waals surface area contributed by atoms with Gasteiger partial charge in [-0.2, -0.15) is 5.10 Å². The van der Waals surface area contributed by atoms with Crippen molar-refractivity contribution in [1.82, 2.24) is 19.5 Å². The molecule has 170 valence electrons. The summed E-state index contributed by atoms with van der Waals surface area (Å²) in [5, 5.41) is 4.38. The maximum atomic E-state index is 12.6. The van der Waals surface area contributed by atoms with Crippen LogP contribution in [0.4, 0.5) is 0 Å². The van der Waals surface area contributed by atoms with Gasteiger partial charge in [0.05, 0.1) is 23.3 Å². The van der Waals surface area contributed by atoms with Crippen LogP contribution in [-0.4, -0.2) is 29.9 Å². The summed E-state index contributed by atoms with van der Waals surface area (Å²) in [5.74, 6) is 0.317. The van der Waals surface area contributed by atoms with Crippen LogP contribution < -0.4 is 10.1 Å². The highest BCUT2D eigenvalue weighted by molar-refractivity contribution is 7.89. The summed E-state index contributed by atoms with van der Waals surface area (Å²) in [4.78, 5) is 17.1. The standard InChI is InChI=1S/C22H20ClN5O4S/c1-14-9-10-28-20(11-14)26-15(2)21(28)22(29)27-24-12-17-5-6-18(32-17)13-25-33(30,31)19-7-3-16(23)4-8-19/h3-12,25H,13H2,1-2H3,(H,27,29)/b24-12+. The van der Waals surface area contributed by atoms with Crippen molar-refractivity contribution in [3.8, 4) is 0 Å². The lowest BCUT2D eigenvalue weighted by Crippen LogP contribution is -2.22. The van der Waals surface area contributed by atoms with E-state index in [0.29, 0.717) is 33.6 Å². The Morgan fingerprint density at radius 1 is 1.18 bits per heavy atom. The van der Waals surface area contributed by atoms with Crippen LogP contribution in [0.3, 0.4) is 0 Å². The van der Waals surface area contributed by atoms with Crippen molar-refractivity contribution in [3.63, 3.8) is 0 Å². The molecule has 0 bridgehead atoms. The van der Waals surface area contributed by atoms with E-state index in [1.165, 1.54) is 30.5 Å². The number of imidazole rings is 1. The molecule has 3 aromatic heterocycles. The third-order valence-electron chi connectivity index (χ3n) is 4.77. The molecule has 0 aliphatic carbocycles. The minimum Gasteiger partial charge on any atom is -0.459 e. The molecule has 9 nitrogen and oxygen atoms in total. The van der Waals surface area contributed by atoms with E-state index in [2.05, 4.69) is 20.2 Å². The van der Waals surface area contributed by atoms with Crippen molar-refractivity contribution >= 4 is 39.4 Å². The Hall–Kier alpha value is -3.47. The van der Waals surface area contributed by atoms with Crippen molar-refractivity contribution in [3.05, 3.63) is 88.2 Å². The number of aryl methyl sites for hydroxylation is 2. The maximum absolute atomic E-state index is 12.6. The summed E-state index contributed by atoms with van der Waals surface area (Å²) in [6.07, 6.45) is 3.12. The number of nitrogens with zero attached hydrogens (tertiary/aromatic N) is 3. The third kappa shape index (κ3) is 5.14. The topological polar surface area (TPSA) is 118 Å². The second kappa shape index (κ2) is 9.18. The summed E-state index contributed by atoms with van der Waals surface area (Å²) in [7, 11) is -3.71. The van der Waals surface area contributed by atoms with E-state index in [-0.39, 0.29) is 11.4 Å². The van der Waals surface area contributed by atoms with Gasteiger partial charge in [-0.3, -0.25) is 9.20 Å². The second-order valence-corrected chi connectivity index (χ2v) is 9.46. The van der Waals surface area contributed by atoms with E-state index in [1.54, 1.807) is 29.7 Å². The highest BCUT2D eigenvalue weighted by atomic mass is 35.5. The molecule has 0 atom stereocenters. The largest absolute Gasteiger partial charge is 0.459 e. The quantitative estimate of drug-likeness (QED) is 0.307. The van der Waals surface area contributed by atoms with Gasteiger partial charge < -0.3 is 4.42 Å². The minimum atomic E-state index is -3.71. The Morgan fingerprint density at radius 3 is 2.70 bits per heavy atom. The van der Waals surface area contributed by atoms with Crippen molar-refractivity contribution in [2.24, 2.45) is 5.10 Å². The molecule has 4 aromatic rings. The molecule has 0 radical (unpaired) electrons. The molecule has 11 heteroatoms. The van der Waals surface area contributed by atoms with Crippen LogP contribution in [0, 0.1) is 13.8 Å². The first-order valence-electron chi connectivity index (χ1n) is 9.85. The predicted octanol–water partition coefficient (Wildman–Crippen LogP) is 3.44. The van der Waals surface area contributed by atoms with Crippen LogP contribution in [0.15, 0.2) is 69.1 Å². The highest BCUT2D eigenvalue weighted by Crippen LogP contribution is 2.15. The summed E-state index contributed by atoms with van der Waals surface area (Å²) >= 11 is 5.79. The number of furan rings is 1. The monoisotopic (exact) mass is 485 g/mol. The van der Waals surface area contributed by atoms with Crippen molar-refractivity contribution in [2.45, 2.75) is 25.3 Å². The number of halogens is 1. The molecule has 0 aliphatic heterocycles. The van der Waals surface area contributed by atoms with Gasteiger partial charge in [0.2, 0.25) is 10.0 Å². The van der Waals surface area contributed by atoms with E-state index in [4.69, 9.17) is 16.0 Å². The van der Waals surface area contributed by atoms with Crippen LogP contribution in [0.2, 0.25) is 5.02 Å². The fourth-order valence-electron chi connectivity index (χ4n) is 3.17. The molecular formula is C22H20ClN5O4S. The lowest BCUT2D eigenvalue weighted by Gasteiger charge is -2.05. The molecule has 0 spiro atoms. The number of fused-ring (bicyclic) bond motifs is 1. The van der Waals surface area contributed by atoms with Gasteiger partial charge >= 0.3 is 0 Å². The fraction of sp³-hybridized carbons (Fsp3) is 0.136. The minimum absolute atomic E-state index is 0.0500. The molecule has 4 rings (SSSR count). The van der Waals surface area contributed by atoms with Crippen LogP contribution in [0.25, 0.3) is 5.65 Å². The Balaban J connectivity index is 1.38. The van der Waals surface area contributed by atoms with Gasteiger partial charge in [-0.05, 0) is 67.9 Å². The number of pyridine rings is 1. The summed E-state index contributed by atoms with van der Waals surface area (Å²) in [6, 6.07) is 12.8. The molecule has 1 amide bonds. The molecular weight excluding hydrogens is 466 g/mol. The first kappa shape index (κ1) is 22.7. The van der Waals surface area contributed by atoms with Gasteiger partial charge in [0.1, 0.15) is 22.9 Å². The maximum Gasteiger partial charge on any atom is 0.290 e. The fourth-order valence-corrected chi connectivity index (χ4v) is 4.29. The molecule has 0 aliphatic rings. The van der Waals surface area contributed by atoms with E-state index < -0.39 is 15.9 Å². The molecule has 0 saturated heterocycles. The molecule has 0 fully saturated rings. The smallest absolute Gasteiger partial charge is 0.290 e. The lowest BCUT2D eigenvalue weighted by molar-refractivity contribution is 0.0948. The van der Waals surface area contributed by atoms with Crippen molar-refractivity contribution in [2.75, 3.05) is 0 Å². The van der Waals surface area contributed by atoms with E-state index in [1.807, 2.05) is 19.1 Å². The Bertz CT molecular complexity index is 1460. The number of sulfonamides is 1. The average Bonchev–Trinajstić information content (AvgIpc) is 3.35. The van der Waals surface area contributed by atoms with Gasteiger partial charge in [-0.1, -0.05) is 11.6 Å². The van der Waals surface area contributed by atoms with E-state index in [9.17, 15) is 13.2 Å². The van der Waals surface area contributed by atoms with Gasteiger partial charge in [-0.25, -0.2) is 23.5 Å². The SMILES string of the molecule is Cc1ccn2c(C(=O)N/N=C/c3ccc(CNS(=O)(=O)c4ccc(Cl)cc4)o3)c(C)nc2c1. The zero-order chi connectivity index (χ0) is 23.6. The molecule has 3 heterocycles. The summed E-state index contributed by atoms with van der Waals surface area (Å²) in [6.45, 7) is 3.66. The average molecular weight is 486 g/mol. The number of aromatic nitrogens is 2. The Kier molecular flexibility index (Phi) is 6.32. The third-order valence-corrected chi connectivity index (χ3v) is 6.44. The number of hydrogen-bond acceptors (Lipinski definition) is 6. The lowest BCUT2D eigenvalue weighted by atomic mass is 10.3. The second-order valence-electron chi connectivity index (χ2n) is 7.26. The van der Waals surface area contributed by atoms with Crippen LogP contribution in [-0.2, 0) is 16.6 Å². The first-order valence-corrected chi connectivity index (χ1v) is 11.7. The highest BCUT2D eigenvalue weighted by Gasteiger charge is 2.16. The van der Waals surface area contributed by atoms with Crippen LogP contribution >= 0.6 is 11.6 Å². The summed E-state index contributed by atoms with van der Waals surface area (Å²) < 4.78 is 34.4. The number of carbonyl (C=O) groups excluding carboxylic acids is 1. The molecule has 0 saturated carbocycles. The van der Waals surface area contributed by atoms with E-state index >= 15 is 0 Å². The number of nitrogens with one attached hydrogen (secondary N) is 2. The molecule has 1 aromatic carbocycles. The zero-order valence-corrected chi connectivity index (χ0v) is 19.3. The van der Waals surface area contributed by atoms with Crippen molar-refractivity contribution < 1.29 is 17.6 Å². The molecule has 2 N–H and O–H groups in total. The molecule has 33 heavy (non-hydrogen) atoms. The number of amides is 1. The zero-order valence-electron chi connectivity index (χ0n) is 17.7. The van der Waals surface area contributed by atoms with Gasteiger partial charge in [-0.15, -0.1) is 0 Å². The first-order chi connectivity index (χ1) is 15.7. The number of hydrazone groups is 1. The normalized spacial score (nSPS) is 12.0. The van der Waals surface area contributed by atoms with E-state index in [0.717, 1.165) is 5.56 Å². The molecule has 0 unspecified atom stereocenters. The van der Waals surface area contributed by atoms with Crippen LogP contribution in [0.1, 0.15) is 33.3 Å². The van der Waals surface area contributed by atoms with Gasteiger partial charge in [0.15, 0.2) is 0 Å². The number of carbonyl (C=O) groups is 1. The van der Waals surface area contributed by atoms with Crippen LogP contribution in [0.5, 0.6) is 0 Å². The number of hydrogen-bond donors (Lipinski definition) is 2. The Morgan fingerprint density at radius 2 is 1.94 bits per heavy atom. The Labute approximate surface area is 195 Å². The van der Waals surface area contributed by atoms with Gasteiger partial charge in [0, 0.05) is 11.2 Å². The number of rotatable bonds is 7. The van der Waals surface area contributed by atoms with Gasteiger partial charge in [0.25, 0.3) is 5.91 Å². The predicted molar refractivity (Wildman–Crippen MR) is 124 cm³/mol. The van der Waals surface area contributed by atoms with Crippen molar-refractivity contribution in [1.29, 1.82) is 0 Å². The number of benzene rings is 1.